The molecule has 1 aliphatic carbocycles. The number of amides is 2. The molecule has 3 unspecified atom stereocenters. The molecule has 2 aliphatic heterocycles. The fraction of sp³-hybridized carbons (Fsp3) is 0.529. The third kappa shape index (κ3) is 1.97. The van der Waals surface area contributed by atoms with E-state index < -0.39 is 5.66 Å². The lowest BCUT2D eigenvalue weighted by atomic mass is 9.96. The molecule has 2 fully saturated rings. The minimum absolute atomic E-state index is 0.108. The molecule has 1 saturated heterocycles. The highest BCUT2D eigenvalue weighted by Crippen LogP contribution is 2.54. The van der Waals surface area contributed by atoms with Gasteiger partial charge < -0.3 is 0 Å². The molecule has 4 rings (SSSR count). The van der Waals surface area contributed by atoms with E-state index in [4.69, 9.17) is 0 Å². The van der Waals surface area contributed by atoms with Crippen LogP contribution in [-0.2, 0) is 0 Å². The zero-order chi connectivity index (χ0) is 16.2. The maximum atomic E-state index is 12.7. The SMILES string of the molecule is CC(C)N=NC12CCCCC1N2N1C(=O)c2ccccc2C1=O. The normalized spacial score (nSPS) is 32.6. The van der Waals surface area contributed by atoms with Crippen LogP contribution in [0.25, 0.3) is 0 Å². The highest BCUT2D eigenvalue weighted by molar-refractivity contribution is 6.21. The zero-order valence-corrected chi connectivity index (χ0v) is 13.4. The van der Waals surface area contributed by atoms with E-state index in [1.807, 2.05) is 18.9 Å². The summed E-state index contributed by atoms with van der Waals surface area (Å²) in [6, 6.07) is 7.22. The first-order valence-electron chi connectivity index (χ1n) is 8.25. The summed E-state index contributed by atoms with van der Waals surface area (Å²) >= 11 is 0. The van der Waals surface area contributed by atoms with Crippen LogP contribution in [0.15, 0.2) is 34.5 Å². The molecular weight excluding hydrogens is 292 g/mol. The average Bonchev–Trinajstić information content (AvgIpc) is 3.14. The van der Waals surface area contributed by atoms with Crippen LogP contribution in [0.2, 0.25) is 0 Å². The van der Waals surface area contributed by atoms with E-state index in [0.29, 0.717) is 11.1 Å². The van der Waals surface area contributed by atoms with E-state index in [2.05, 4.69) is 10.2 Å². The predicted octanol–water partition coefficient (Wildman–Crippen LogP) is 3.01. The van der Waals surface area contributed by atoms with Crippen LogP contribution in [0.4, 0.5) is 0 Å². The van der Waals surface area contributed by atoms with Gasteiger partial charge in [-0.3, -0.25) is 9.59 Å². The van der Waals surface area contributed by atoms with Crippen molar-refractivity contribution in [2.75, 3.05) is 0 Å². The van der Waals surface area contributed by atoms with E-state index in [9.17, 15) is 9.59 Å². The van der Waals surface area contributed by atoms with Crippen molar-refractivity contribution in [3.8, 4) is 0 Å². The minimum Gasteiger partial charge on any atom is -0.267 e. The van der Waals surface area contributed by atoms with Crippen molar-refractivity contribution in [3.63, 3.8) is 0 Å². The highest BCUT2D eigenvalue weighted by atomic mass is 16.2. The molecule has 0 bridgehead atoms. The fourth-order valence-electron chi connectivity index (χ4n) is 3.79. The Kier molecular flexibility index (Phi) is 3.13. The molecule has 1 aromatic carbocycles. The minimum atomic E-state index is -0.490. The summed E-state index contributed by atoms with van der Waals surface area (Å²) in [4.78, 5) is 25.4. The summed E-state index contributed by atoms with van der Waals surface area (Å²) < 4.78 is 0. The van der Waals surface area contributed by atoms with Crippen LogP contribution in [0.5, 0.6) is 0 Å². The monoisotopic (exact) mass is 312 g/mol. The maximum Gasteiger partial charge on any atom is 0.276 e. The van der Waals surface area contributed by atoms with Gasteiger partial charge in [0, 0.05) is 0 Å². The Hall–Kier alpha value is -2.08. The van der Waals surface area contributed by atoms with E-state index in [0.717, 1.165) is 25.7 Å². The molecule has 6 heteroatoms. The number of carbonyl (C=O) groups is 2. The molecular formula is C17H20N4O2. The Balaban J connectivity index is 1.69. The van der Waals surface area contributed by atoms with Gasteiger partial charge in [0.25, 0.3) is 11.8 Å². The van der Waals surface area contributed by atoms with Gasteiger partial charge >= 0.3 is 0 Å². The predicted molar refractivity (Wildman–Crippen MR) is 83.8 cm³/mol. The summed E-state index contributed by atoms with van der Waals surface area (Å²) in [7, 11) is 0. The van der Waals surface area contributed by atoms with Crippen molar-refractivity contribution >= 4 is 11.8 Å². The van der Waals surface area contributed by atoms with Crippen molar-refractivity contribution in [1.82, 2.24) is 10.0 Å². The Morgan fingerprint density at radius 2 is 1.78 bits per heavy atom. The maximum absolute atomic E-state index is 12.7. The summed E-state index contributed by atoms with van der Waals surface area (Å²) in [6.45, 7) is 3.96. The van der Waals surface area contributed by atoms with Crippen molar-refractivity contribution < 1.29 is 9.59 Å². The second kappa shape index (κ2) is 4.96. The Labute approximate surface area is 135 Å². The lowest BCUT2D eigenvalue weighted by Gasteiger charge is -2.19. The number of benzene rings is 1. The molecule has 0 radical (unpaired) electrons. The topological polar surface area (TPSA) is 65.1 Å². The highest BCUT2D eigenvalue weighted by Gasteiger charge is 2.70. The zero-order valence-electron chi connectivity index (χ0n) is 13.4. The summed E-state index contributed by atoms with van der Waals surface area (Å²) in [5.74, 6) is -0.474. The van der Waals surface area contributed by atoms with Crippen LogP contribution in [0.3, 0.4) is 0 Å². The number of nitrogens with zero attached hydrogens (tertiary/aromatic N) is 4. The molecule has 6 nitrogen and oxygen atoms in total. The Morgan fingerprint density at radius 1 is 1.13 bits per heavy atom. The van der Waals surface area contributed by atoms with Gasteiger partial charge in [-0.15, -0.1) is 0 Å². The second-order valence-corrected chi connectivity index (χ2v) is 6.76. The number of imide groups is 1. The van der Waals surface area contributed by atoms with E-state index >= 15 is 0 Å². The molecule has 0 aromatic heterocycles. The van der Waals surface area contributed by atoms with Crippen molar-refractivity contribution in [2.45, 2.75) is 57.3 Å². The molecule has 120 valence electrons. The number of rotatable bonds is 3. The first kappa shape index (κ1) is 14.5. The first-order valence-corrected chi connectivity index (χ1v) is 8.25. The van der Waals surface area contributed by atoms with Gasteiger partial charge in [0.05, 0.1) is 23.2 Å². The first-order chi connectivity index (χ1) is 11.1. The standard InChI is InChI=1S/C17H20N4O2/c1-11(2)18-19-17-10-6-5-9-14(17)21(17)20-15(22)12-7-3-4-8-13(12)16(20)23/h3-4,7-8,11,14H,5-6,9-10H2,1-2H3. The number of azo groups is 1. The van der Waals surface area contributed by atoms with Crippen molar-refractivity contribution in [2.24, 2.45) is 10.2 Å². The lowest BCUT2D eigenvalue weighted by molar-refractivity contribution is 0.0289. The van der Waals surface area contributed by atoms with Crippen LogP contribution >= 0.6 is 0 Å². The van der Waals surface area contributed by atoms with Gasteiger partial charge in [0.1, 0.15) is 0 Å². The quantitative estimate of drug-likeness (QED) is 0.489. The summed E-state index contributed by atoms with van der Waals surface area (Å²) in [5, 5.41) is 12.0. The van der Waals surface area contributed by atoms with E-state index in [1.165, 1.54) is 5.01 Å². The number of hydrazine groups is 1. The van der Waals surface area contributed by atoms with Crippen molar-refractivity contribution in [3.05, 3.63) is 35.4 Å². The van der Waals surface area contributed by atoms with Crippen LogP contribution < -0.4 is 0 Å². The number of fused-ring (bicyclic) bond motifs is 2. The number of hydrogen-bond acceptors (Lipinski definition) is 5. The summed E-state index contributed by atoms with van der Waals surface area (Å²) in [5.41, 5.74) is 0.477. The lowest BCUT2D eigenvalue weighted by Crippen LogP contribution is -2.39. The van der Waals surface area contributed by atoms with Crippen LogP contribution in [0.1, 0.15) is 60.2 Å². The van der Waals surface area contributed by atoms with Gasteiger partial charge in [-0.1, -0.05) is 18.6 Å². The number of hydrogen-bond donors (Lipinski definition) is 0. The third-order valence-corrected chi connectivity index (χ3v) is 4.88. The largest absolute Gasteiger partial charge is 0.276 e. The molecule has 2 amide bonds. The van der Waals surface area contributed by atoms with E-state index in [-0.39, 0.29) is 23.9 Å². The molecule has 1 aromatic rings. The van der Waals surface area contributed by atoms with Gasteiger partial charge in [-0.2, -0.15) is 20.2 Å². The van der Waals surface area contributed by atoms with Crippen LogP contribution in [0, 0.1) is 0 Å². The average molecular weight is 312 g/mol. The molecule has 3 aliphatic rings. The second-order valence-electron chi connectivity index (χ2n) is 6.76. The number of carbonyl (C=O) groups excluding carboxylic acids is 2. The van der Waals surface area contributed by atoms with Crippen molar-refractivity contribution in [1.29, 1.82) is 0 Å². The molecule has 1 saturated carbocycles. The molecule has 0 N–H and O–H groups in total. The van der Waals surface area contributed by atoms with Gasteiger partial charge in [0.15, 0.2) is 5.66 Å². The molecule has 0 spiro atoms. The van der Waals surface area contributed by atoms with Gasteiger partial charge in [0.2, 0.25) is 0 Å². The Morgan fingerprint density at radius 3 is 2.39 bits per heavy atom. The van der Waals surface area contributed by atoms with Gasteiger partial charge in [-0.25, -0.2) is 0 Å². The van der Waals surface area contributed by atoms with Gasteiger partial charge in [-0.05, 0) is 45.2 Å². The Bertz CT molecular complexity index is 679. The third-order valence-electron chi connectivity index (χ3n) is 4.88. The molecule has 3 atom stereocenters. The molecule has 23 heavy (non-hydrogen) atoms. The molecule has 2 heterocycles. The fourth-order valence-corrected chi connectivity index (χ4v) is 3.79. The summed E-state index contributed by atoms with van der Waals surface area (Å²) in [6.07, 6.45) is 3.95. The smallest absolute Gasteiger partial charge is 0.267 e. The van der Waals surface area contributed by atoms with Crippen LogP contribution in [-0.4, -0.2) is 39.6 Å². The van der Waals surface area contributed by atoms with E-state index in [1.54, 1.807) is 24.3 Å².